The lowest BCUT2D eigenvalue weighted by molar-refractivity contribution is -0.122. The minimum atomic E-state index is -0.640. The fourth-order valence-corrected chi connectivity index (χ4v) is 2.57. The van der Waals surface area contributed by atoms with Gasteiger partial charge in [0.15, 0.2) is 6.10 Å². The molecular weight excluding hydrogens is 321 g/mol. The van der Waals surface area contributed by atoms with Gasteiger partial charge in [-0.1, -0.05) is 40.9 Å². The van der Waals surface area contributed by atoms with Crippen molar-refractivity contribution in [2.45, 2.75) is 26.9 Å². The summed E-state index contributed by atoms with van der Waals surface area (Å²) in [6.45, 7) is 5.65. The number of nitrogens with one attached hydrogen (secondary N) is 1. The second-order valence-corrected chi connectivity index (χ2v) is 6.05. The standard InChI is InChI=1S/C17H17Cl2NO2/c1-10-4-5-16(11(2)6-10)22-12(3)17(21)20-15-8-13(18)7-14(19)9-15/h4-9,12H,1-3H3,(H,20,21)/t12-/m1/s1. The normalized spacial score (nSPS) is 11.9. The average Bonchev–Trinajstić information content (AvgIpc) is 2.40. The number of carbonyl (C=O) groups excluding carboxylic acids is 1. The molecule has 0 aliphatic carbocycles. The summed E-state index contributed by atoms with van der Waals surface area (Å²) >= 11 is 11.8. The maximum atomic E-state index is 12.2. The van der Waals surface area contributed by atoms with Gasteiger partial charge in [-0.05, 0) is 50.6 Å². The number of hydrogen-bond acceptors (Lipinski definition) is 2. The van der Waals surface area contributed by atoms with Crippen molar-refractivity contribution in [2.24, 2.45) is 0 Å². The summed E-state index contributed by atoms with van der Waals surface area (Å²) < 4.78 is 5.72. The second kappa shape index (κ2) is 7.03. The highest BCUT2D eigenvalue weighted by molar-refractivity contribution is 6.35. The van der Waals surface area contributed by atoms with Gasteiger partial charge in [0.25, 0.3) is 5.91 Å². The third-order valence-corrected chi connectivity index (χ3v) is 3.57. The molecule has 0 radical (unpaired) electrons. The molecule has 0 heterocycles. The lowest BCUT2D eigenvalue weighted by Crippen LogP contribution is -2.30. The van der Waals surface area contributed by atoms with Crippen molar-refractivity contribution >= 4 is 34.8 Å². The Hall–Kier alpha value is -1.71. The Balaban J connectivity index is 2.05. The van der Waals surface area contributed by atoms with Crippen molar-refractivity contribution in [1.29, 1.82) is 0 Å². The van der Waals surface area contributed by atoms with Gasteiger partial charge < -0.3 is 10.1 Å². The first-order valence-electron chi connectivity index (χ1n) is 6.86. The first-order valence-corrected chi connectivity index (χ1v) is 7.61. The summed E-state index contributed by atoms with van der Waals surface area (Å²) in [6.07, 6.45) is -0.640. The Kier molecular flexibility index (Phi) is 5.33. The van der Waals surface area contributed by atoms with Gasteiger partial charge in [-0.25, -0.2) is 0 Å². The van der Waals surface area contributed by atoms with Crippen LogP contribution in [0.15, 0.2) is 36.4 Å². The van der Waals surface area contributed by atoms with Gasteiger partial charge in [0.1, 0.15) is 5.75 Å². The number of ether oxygens (including phenoxy) is 1. The van der Waals surface area contributed by atoms with Crippen LogP contribution in [0.2, 0.25) is 10.0 Å². The molecule has 0 aliphatic heterocycles. The number of carbonyl (C=O) groups is 1. The fraction of sp³-hybridized carbons (Fsp3) is 0.235. The predicted octanol–water partition coefficient (Wildman–Crippen LogP) is 5.02. The highest BCUT2D eigenvalue weighted by atomic mass is 35.5. The summed E-state index contributed by atoms with van der Waals surface area (Å²) in [6, 6.07) is 10.7. The smallest absolute Gasteiger partial charge is 0.265 e. The Morgan fingerprint density at radius 1 is 1.09 bits per heavy atom. The molecule has 116 valence electrons. The third-order valence-electron chi connectivity index (χ3n) is 3.13. The number of rotatable bonds is 4. The summed E-state index contributed by atoms with van der Waals surface area (Å²) in [5, 5.41) is 3.67. The van der Waals surface area contributed by atoms with E-state index >= 15 is 0 Å². The Labute approximate surface area is 140 Å². The molecule has 3 nitrogen and oxygen atoms in total. The van der Waals surface area contributed by atoms with Crippen LogP contribution >= 0.6 is 23.2 Å². The van der Waals surface area contributed by atoms with E-state index in [2.05, 4.69) is 5.32 Å². The molecule has 5 heteroatoms. The molecule has 1 N–H and O–H groups in total. The number of amides is 1. The van der Waals surface area contributed by atoms with Gasteiger partial charge in [0.2, 0.25) is 0 Å². The van der Waals surface area contributed by atoms with Gasteiger partial charge in [-0.3, -0.25) is 4.79 Å². The Morgan fingerprint density at radius 3 is 2.32 bits per heavy atom. The van der Waals surface area contributed by atoms with Crippen molar-refractivity contribution in [1.82, 2.24) is 0 Å². The van der Waals surface area contributed by atoms with Crippen LogP contribution in [0.1, 0.15) is 18.1 Å². The van der Waals surface area contributed by atoms with Gasteiger partial charge in [0, 0.05) is 15.7 Å². The highest BCUT2D eigenvalue weighted by Gasteiger charge is 2.16. The number of hydrogen-bond donors (Lipinski definition) is 1. The Morgan fingerprint density at radius 2 is 1.73 bits per heavy atom. The average molecular weight is 338 g/mol. The van der Waals surface area contributed by atoms with Gasteiger partial charge in [-0.15, -0.1) is 0 Å². The molecule has 0 spiro atoms. The number of halogens is 2. The molecule has 2 rings (SSSR count). The number of benzene rings is 2. The maximum Gasteiger partial charge on any atom is 0.265 e. The van der Waals surface area contributed by atoms with E-state index in [1.807, 2.05) is 32.0 Å². The van der Waals surface area contributed by atoms with Crippen LogP contribution in [0.3, 0.4) is 0 Å². The molecule has 1 amide bonds. The van der Waals surface area contributed by atoms with Crippen molar-refractivity contribution in [2.75, 3.05) is 5.32 Å². The van der Waals surface area contributed by atoms with E-state index in [0.717, 1.165) is 11.1 Å². The SMILES string of the molecule is Cc1ccc(O[C@H](C)C(=O)Nc2cc(Cl)cc(Cl)c2)c(C)c1. The summed E-state index contributed by atoms with van der Waals surface area (Å²) in [4.78, 5) is 12.2. The molecule has 0 fully saturated rings. The molecule has 0 bridgehead atoms. The van der Waals surface area contributed by atoms with E-state index in [1.54, 1.807) is 25.1 Å². The summed E-state index contributed by atoms with van der Waals surface area (Å²) in [5.41, 5.74) is 2.68. The molecule has 0 saturated carbocycles. The van der Waals surface area contributed by atoms with Crippen molar-refractivity contribution < 1.29 is 9.53 Å². The van der Waals surface area contributed by atoms with E-state index in [-0.39, 0.29) is 5.91 Å². The lowest BCUT2D eigenvalue weighted by Gasteiger charge is -2.16. The summed E-state index contributed by atoms with van der Waals surface area (Å²) in [7, 11) is 0. The third kappa shape index (κ3) is 4.39. The second-order valence-electron chi connectivity index (χ2n) is 5.18. The van der Waals surface area contributed by atoms with Crippen molar-refractivity contribution in [3.8, 4) is 5.75 Å². The number of anilines is 1. The fourth-order valence-electron chi connectivity index (χ4n) is 2.05. The quantitative estimate of drug-likeness (QED) is 0.850. The van der Waals surface area contributed by atoms with E-state index in [0.29, 0.717) is 21.5 Å². The van der Waals surface area contributed by atoms with Crippen molar-refractivity contribution in [3.05, 3.63) is 57.6 Å². The van der Waals surface area contributed by atoms with Gasteiger partial charge in [-0.2, -0.15) is 0 Å². The lowest BCUT2D eigenvalue weighted by atomic mass is 10.1. The molecule has 2 aromatic rings. The molecule has 1 atom stereocenters. The molecular formula is C17H17Cl2NO2. The molecule has 0 aromatic heterocycles. The van der Waals surface area contributed by atoms with E-state index < -0.39 is 6.10 Å². The zero-order chi connectivity index (χ0) is 16.3. The zero-order valence-electron chi connectivity index (χ0n) is 12.6. The van der Waals surface area contributed by atoms with Crippen LogP contribution in [0.4, 0.5) is 5.69 Å². The zero-order valence-corrected chi connectivity index (χ0v) is 14.1. The summed E-state index contributed by atoms with van der Waals surface area (Å²) in [5.74, 6) is 0.427. The predicted molar refractivity (Wildman–Crippen MR) is 91.1 cm³/mol. The molecule has 0 unspecified atom stereocenters. The van der Waals surface area contributed by atoms with Crippen LogP contribution < -0.4 is 10.1 Å². The largest absolute Gasteiger partial charge is 0.481 e. The maximum absolute atomic E-state index is 12.2. The number of aryl methyl sites for hydroxylation is 2. The van der Waals surface area contributed by atoms with E-state index in [4.69, 9.17) is 27.9 Å². The van der Waals surface area contributed by atoms with E-state index in [1.165, 1.54) is 0 Å². The molecule has 0 aliphatic rings. The molecule has 2 aromatic carbocycles. The Bertz CT molecular complexity index is 681. The highest BCUT2D eigenvalue weighted by Crippen LogP contribution is 2.23. The van der Waals surface area contributed by atoms with Crippen molar-refractivity contribution in [3.63, 3.8) is 0 Å². The molecule has 0 saturated heterocycles. The van der Waals surface area contributed by atoms with Gasteiger partial charge >= 0.3 is 0 Å². The van der Waals surface area contributed by atoms with Crippen LogP contribution in [0.5, 0.6) is 5.75 Å². The monoisotopic (exact) mass is 337 g/mol. The van der Waals surface area contributed by atoms with E-state index in [9.17, 15) is 4.79 Å². The molecule has 22 heavy (non-hydrogen) atoms. The minimum Gasteiger partial charge on any atom is -0.481 e. The van der Waals surface area contributed by atoms with Gasteiger partial charge in [0.05, 0.1) is 0 Å². The van der Waals surface area contributed by atoms with Crippen LogP contribution in [-0.2, 0) is 4.79 Å². The van der Waals surface area contributed by atoms with Crippen LogP contribution in [0, 0.1) is 13.8 Å². The minimum absolute atomic E-state index is 0.265. The van der Waals surface area contributed by atoms with Crippen LogP contribution in [-0.4, -0.2) is 12.0 Å². The topological polar surface area (TPSA) is 38.3 Å². The van der Waals surface area contributed by atoms with Crippen LogP contribution in [0.25, 0.3) is 0 Å². The first kappa shape index (κ1) is 16.7. The first-order chi connectivity index (χ1) is 10.3.